The van der Waals surface area contributed by atoms with E-state index in [0.29, 0.717) is 11.5 Å². The zero-order chi connectivity index (χ0) is 15.3. The lowest BCUT2D eigenvalue weighted by molar-refractivity contribution is -0.120. The molecule has 0 bridgehead atoms. The van der Waals surface area contributed by atoms with Crippen LogP contribution in [-0.2, 0) is 21.1 Å². The fourth-order valence-corrected chi connectivity index (χ4v) is 2.21. The van der Waals surface area contributed by atoms with Crippen molar-refractivity contribution in [3.8, 4) is 11.3 Å². The average molecular weight is 308 g/mol. The number of benzene rings is 1. The summed E-state index contributed by atoms with van der Waals surface area (Å²) in [5.74, 6) is 0.230. The Morgan fingerprint density at radius 1 is 1.29 bits per heavy atom. The van der Waals surface area contributed by atoms with Gasteiger partial charge in [0.25, 0.3) is 0 Å². The topological polar surface area (TPSA) is 89.3 Å². The Morgan fingerprint density at radius 2 is 2.00 bits per heavy atom. The molecule has 0 saturated heterocycles. The zero-order valence-corrected chi connectivity index (χ0v) is 12.4. The third-order valence-corrected chi connectivity index (χ3v) is 3.70. The van der Waals surface area contributed by atoms with Crippen LogP contribution in [-0.4, -0.2) is 38.0 Å². The van der Waals surface area contributed by atoms with Crippen molar-refractivity contribution < 1.29 is 17.7 Å². The van der Waals surface area contributed by atoms with Gasteiger partial charge in [0.1, 0.15) is 9.84 Å². The van der Waals surface area contributed by atoms with Crippen LogP contribution in [0, 0.1) is 0 Å². The minimum Gasteiger partial charge on any atom is -0.356 e. The van der Waals surface area contributed by atoms with Gasteiger partial charge in [-0.25, -0.2) is 8.42 Å². The first-order valence-corrected chi connectivity index (χ1v) is 8.45. The normalized spacial score (nSPS) is 11.3. The van der Waals surface area contributed by atoms with Crippen LogP contribution in [0.5, 0.6) is 0 Å². The van der Waals surface area contributed by atoms with Crippen LogP contribution in [0.4, 0.5) is 0 Å². The third-order valence-electron chi connectivity index (χ3n) is 2.75. The van der Waals surface area contributed by atoms with E-state index < -0.39 is 9.84 Å². The van der Waals surface area contributed by atoms with E-state index in [4.69, 9.17) is 4.52 Å². The first kappa shape index (κ1) is 15.2. The summed E-state index contributed by atoms with van der Waals surface area (Å²) in [6.45, 7) is 0.0983. The molecule has 0 fully saturated rings. The number of aromatic nitrogens is 1. The van der Waals surface area contributed by atoms with Crippen LogP contribution in [0.25, 0.3) is 11.3 Å². The summed E-state index contributed by atoms with van der Waals surface area (Å²) in [4.78, 5) is 11.7. The zero-order valence-electron chi connectivity index (χ0n) is 11.6. The molecule has 2 rings (SSSR count). The Morgan fingerprint density at radius 3 is 2.67 bits per heavy atom. The lowest BCUT2D eigenvalue weighted by atomic mass is 10.1. The molecule has 0 spiro atoms. The average Bonchev–Trinajstić information content (AvgIpc) is 2.86. The number of rotatable bonds is 6. The highest BCUT2D eigenvalue weighted by molar-refractivity contribution is 7.90. The van der Waals surface area contributed by atoms with Crippen molar-refractivity contribution in [3.63, 3.8) is 0 Å². The van der Waals surface area contributed by atoms with Crippen molar-refractivity contribution in [1.82, 2.24) is 10.5 Å². The Labute approximate surface area is 123 Å². The van der Waals surface area contributed by atoms with E-state index in [1.54, 1.807) is 6.07 Å². The molecule has 7 heteroatoms. The molecule has 6 nitrogen and oxygen atoms in total. The fraction of sp³-hybridized carbons (Fsp3) is 0.286. The molecule has 0 aliphatic heterocycles. The van der Waals surface area contributed by atoms with Crippen molar-refractivity contribution in [3.05, 3.63) is 42.1 Å². The summed E-state index contributed by atoms with van der Waals surface area (Å²) in [5.41, 5.74) is 1.39. The van der Waals surface area contributed by atoms with Gasteiger partial charge < -0.3 is 9.84 Å². The molecule has 0 aliphatic carbocycles. The summed E-state index contributed by atoms with van der Waals surface area (Å²) in [6, 6.07) is 11.1. The van der Waals surface area contributed by atoms with Crippen LogP contribution < -0.4 is 5.32 Å². The van der Waals surface area contributed by atoms with Gasteiger partial charge in [-0.05, 0) is 0 Å². The van der Waals surface area contributed by atoms with Gasteiger partial charge in [0.2, 0.25) is 5.91 Å². The maximum Gasteiger partial charge on any atom is 0.226 e. The lowest BCUT2D eigenvalue weighted by Gasteiger charge is -2.01. The van der Waals surface area contributed by atoms with Crippen molar-refractivity contribution in [2.45, 2.75) is 6.42 Å². The molecule has 0 aliphatic rings. The van der Waals surface area contributed by atoms with Crippen LogP contribution in [0.1, 0.15) is 5.69 Å². The second kappa shape index (κ2) is 6.53. The first-order valence-electron chi connectivity index (χ1n) is 6.39. The largest absolute Gasteiger partial charge is 0.356 e. The van der Waals surface area contributed by atoms with E-state index in [1.165, 1.54) is 0 Å². The minimum atomic E-state index is -3.07. The number of hydrogen-bond acceptors (Lipinski definition) is 5. The molecule has 0 atom stereocenters. The van der Waals surface area contributed by atoms with Crippen LogP contribution in [0.2, 0.25) is 0 Å². The summed E-state index contributed by atoms with van der Waals surface area (Å²) in [7, 11) is -3.07. The van der Waals surface area contributed by atoms with Crippen molar-refractivity contribution in [1.29, 1.82) is 0 Å². The maximum absolute atomic E-state index is 11.7. The molecule has 1 aromatic carbocycles. The highest BCUT2D eigenvalue weighted by atomic mass is 32.2. The second-order valence-electron chi connectivity index (χ2n) is 4.71. The molecule has 21 heavy (non-hydrogen) atoms. The standard InChI is InChI=1S/C14H16N2O4S/c1-21(18,19)8-7-15-14(17)10-12-9-13(20-16-12)11-5-3-2-4-6-11/h2-6,9H,7-8,10H2,1H3,(H,15,17). The number of amides is 1. The smallest absolute Gasteiger partial charge is 0.226 e. The predicted octanol–water partition coefficient (Wildman–Crippen LogP) is 1.04. The van der Waals surface area contributed by atoms with E-state index in [1.807, 2.05) is 30.3 Å². The van der Waals surface area contributed by atoms with E-state index >= 15 is 0 Å². The third kappa shape index (κ3) is 5.03. The molecule has 1 aromatic heterocycles. The van der Waals surface area contributed by atoms with E-state index in [2.05, 4.69) is 10.5 Å². The highest BCUT2D eigenvalue weighted by Crippen LogP contribution is 2.19. The minimum absolute atomic E-state index is 0.0557. The Hall–Kier alpha value is -2.15. The van der Waals surface area contributed by atoms with Gasteiger partial charge in [0.05, 0.1) is 17.9 Å². The quantitative estimate of drug-likeness (QED) is 0.861. The summed E-state index contributed by atoms with van der Waals surface area (Å²) >= 11 is 0. The van der Waals surface area contributed by atoms with Gasteiger partial charge in [-0.2, -0.15) is 0 Å². The molecule has 2 aromatic rings. The number of sulfone groups is 1. The van der Waals surface area contributed by atoms with Gasteiger partial charge in [0, 0.05) is 24.4 Å². The number of nitrogens with zero attached hydrogens (tertiary/aromatic N) is 1. The van der Waals surface area contributed by atoms with E-state index in [0.717, 1.165) is 11.8 Å². The molecule has 1 N–H and O–H groups in total. The van der Waals surface area contributed by atoms with Gasteiger partial charge in [-0.1, -0.05) is 35.5 Å². The van der Waals surface area contributed by atoms with Crippen molar-refractivity contribution >= 4 is 15.7 Å². The molecule has 0 unspecified atom stereocenters. The predicted molar refractivity (Wildman–Crippen MR) is 78.4 cm³/mol. The summed E-state index contributed by atoms with van der Waals surface area (Å²) < 4.78 is 27.1. The fourth-order valence-electron chi connectivity index (χ4n) is 1.74. The van der Waals surface area contributed by atoms with Gasteiger partial charge in [-0.3, -0.25) is 4.79 Å². The molecule has 1 heterocycles. The lowest BCUT2D eigenvalue weighted by Crippen LogP contribution is -2.30. The number of hydrogen-bond donors (Lipinski definition) is 1. The molecular weight excluding hydrogens is 292 g/mol. The van der Waals surface area contributed by atoms with Gasteiger partial charge in [-0.15, -0.1) is 0 Å². The van der Waals surface area contributed by atoms with Crippen molar-refractivity contribution in [2.24, 2.45) is 0 Å². The molecule has 0 radical (unpaired) electrons. The second-order valence-corrected chi connectivity index (χ2v) is 6.96. The number of carbonyl (C=O) groups excluding carboxylic acids is 1. The number of carbonyl (C=O) groups is 1. The molecule has 112 valence electrons. The number of nitrogens with one attached hydrogen (secondary N) is 1. The Bertz CT molecular complexity index is 708. The Kier molecular flexibility index (Phi) is 4.74. The van der Waals surface area contributed by atoms with Crippen LogP contribution in [0.3, 0.4) is 0 Å². The first-order chi connectivity index (χ1) is 9.94. The highest BCUT2D eigenvalue weighted by Gasteiger charge is 2.11. The Balaban J connectivity index is 1.89. The molecular formula is C14H16N2O4S. The van der Waals surface area contributed by atoms with Gasteiger partial charge >= 0.3 is 0 Å². The monoisotopic (exact) mass is 308 g/mol. The SMILES string of the molecule is CS(=O)(=O)CCNC(=O)Cc1cc(-c2ccccc2)on1. The maximum atomic E-state index is 11.7. The molecule has 0 saturated carbocycles. The van der Waals surface area contributed by atoms with Crippen LogP contribution >= 0.6 is 0 Å². The van der Waals surface area contributed by atoms with Gasteiger partial charge in [0.15, 0.2) is 5.76 Å². The molecule has 1 amide bonds. The van der Waals surface area contributed by atoms with Crippen LogP contribution in [0.15, 0.2) is 40.9 Å². The summed E-state index contributed by atoms with van der Waals surface area (Å²) in [6.07, 6.45) is 1.18. The van der Waals surface area contributed by atoms with E-state index in [9.17, 15) is 13.2 Å². The van der Waals surface area contributed by atoms with E-state index in [-0.39, 0.29) is 24.6 Å². The van der Waals surface area contributed by atoms with Crippen molar-refractivity contribution in [2.75, 3.05) is 18.6 Å². The summed E-state index contributed by atoms with van der Waals surface area (Å²) in [5, 5.41) is 6.37.